The number of hydrogen-bond donors (Lipinski definition) is 0. The van der Waals surface area contributed by atoms with Gasteiger partial charge in [0.25, 0.3) is 5.91 Å². The van der Waals surface area contributed by atoms with Crippen molar-refractivity contribution in [1.29, 1.82) is 0 Å². The van der Waals surface area contributed by atoms with Gasteiger partial charge < -0.3 is 0 Å². The Morgan fingerprint density at radius 2 is 2.00 bits per heavy atom. The molecule has 2 unspecified atom stereocenters. The minimum absolute atomic E-state index is 0.0966. The summed E-state index contributed by atoms with van der Waals surface area (Å²) in [6, 6.07) is 14.7. The van der Waals surface area contributed by atoms with Crippen LogP contribution in [0.3, 0.4) is 0 Å². The quantitative estimate of drug-likeness (QED) is 0.698. The molecule has 27 heavy (non-hydrogen) atoms. The smallest absolute Gasteiger partial charge is 0.264 e. The maximum atomic E-state index is 14.0. The van der Waals surface area contributed by atoms with Crippen molar-refractivity contribution in [3.05, 3.63) is 77.4 Å². The summed E-state index contributed by atoms with van der Waals surface area (Å²) in [5.74, 6) is -0.387. The Morgan fingerprint density at radius 1 is 1.15 bits per heavy atom. The highest BCUT2D eigenvalue weighted by molar-refractivity contribution is 8.00. The number of halogens is 1. The number of hydrogen-bond acceptors (Lipinski definition) is 5. The zero-order valence-corrected chi connectivity index (χ0v) is 15.3. The lowest BCUT2D eigenvalue weighted by molar-refractivity contribution is 0.0824. The van der Waals surface area contributed by atoms with Gasteiger partial charge >= 0.3 is 0 Å². The molecule has 3 aromatic rings. The van der Waals surface area contributed by atoms with Crippen LogP contribution in [0.4, 0.5) is 4.39 Å². The molecule has 5 nitrogen and oxygen atoms in total. The Balaban J connectivity index is 1.54. The molecule has 2 aliphatic heterocycles. The van der Waals surface area contributed by atoms with E-state index >= 15 is 0 Å². The SMILES string of the molecule is O=C1C(C(c2cccc(F)c2)N2CCc3ccccc3C2)Sc2ncnn21. The first-order chi connectivity index (χ1) is 13.2. The van der Waals surface area contributed by atoms with E-state index in [4.69, 9.17) is 0 Å². The lowest BCUT2D eigenvalue weighted by Gasteiger charge is -2.37. The number of carbonyl (C=O) groups is 1. The molecule has 5 rings (SSSR count). The standard InChI is InChI=1S/C20H17FN4OS/c21-16-7-3-6-14(10-16)17(18-19(26)25-20(27-18)22-12-23-25)24-9-8-13-4-1-2-5-15(13)11-24/h1-7,10,12,17-18H,8-9,11H2. The maximum Gasteiger partial charge on any atom is 0.264 e. The maximum absolute atomic E-state index is 14.0. The minimum atomic E-state index is -0.395. The lowest BCUT2D eigenvalue weighted by Crippen LogP contribution is -2.41. The molecule has 0 saturated carbocycles. The number of thioether (sulfide) groups is 1. The van der Waals surface area contributed by atoms with Crippen LogP contribution in [-0.2, 0) is 13.0 Å². The van der Waals surface area contributed by atoms with Gasteiger partial charge in [0.1, 0.15) is 17.4 Å². The van der Waals surface area contributed by atoms with Crippen molar-refractivity contribution in [2.75, 3.05) is 6.54 Å². The lowest BCUT2D eigenvalue weighted by atomic mass is 9.94. The second-order valence-electron chi connectivity index (χ2n) is 6.82. The van der Waals surface area contributed by atoms with Gasteiger partial charge in [-0.3, -0.25) is 9.69 Å². The minimum Gasteiger partial charge on any atom is -0.290 e. The molecule has 0 saturated heterocycles. The van der Waals surface area contributed by atoms with E-state index in [0.29, 0.717) is 5.16 Å². The van der Waals surface area contributed by atoms with Crippen molar-refractivity contribution in [3.8, 4) is 0 Å². The fourth-order valence-electron chi connectivity index (χ4n) is 3.97. The van der Waals surface area contributed by atoms with Gasteiger partial charge in [-0.25, -0.2) is 9.37 Å². The van der Waals surface area contributed by atoms with E-state index in [9.17, 15) is 9.18 Å². The van der Waals surface area contributed by atoms with Crippen LogP contribution in [0.25, 0.3) is 0 Å². The second kappa shape index (κ2) is 6.58. The molecule has 2 atom stereocenters. The first-order valence-electron chi connectivity index (χ1n) is 8.88. The summed E-state index contributed by atoms with van der Waals surface area (Å²) in [6.07, 6.45) is 2.31. The van der Waals surface area contributed by atoms with Crippen LogP contribution >= 0.6 is 11.8 Å². The predicted molar refractivity (Wildman–Crippen MR) is 100.0 cm³/mol. The van der Waals surface area contributed by atoms with Crippen LogP contribution in [0, 0.1) is 5.82 Å². The molecule has 0 radical (unpaired) electrons. The van der Waals surface area contributed by atoms with E-state index in [1.54, 1.807) is 6.07 Å². The van der Waals surface area contributed by atoms with Gasteiger partial charge in [-0.2, -0.15) is 9.78 Å². The molecule has 0 aliphatic carbocycles. The van der Waals surface area contributed by atoms with Gasteiger partial charge in [-0.1, -0.05) is 48.2 Å². The molecule has 1 aromatic heterocycles. The predicted octanol–water partition coefficient (Wildman–Crippen LogP) is 3.33. The largest absolute Gasteiger partial charge is 0.290 e. The van der Waals surface area contributed by atoms with Crippen molar-refractivity contribution >= 4 is 17.7 Å². The van der Waals surface area contributed by atoms with Gasteiger partial charge in [-0.15, -0.1) is 0 Å². The molecule has 0 spiro atoms. The molecule has 3 heterocycles. The molecule has 2 aromatic carbocycles. The monoisotopic (exact) mass is 380 g/mol. The normalized spacial score (nSPS) is 20.3. The number of aromatic nitrogens is 3. The van der Waals surface area contributed by atoms with Gasteiger partial charge in [-0.05, 0) is 35.2 Å². The average molecular weight is 380 g/mol. The Kier molecular flexibility index (Phi) is 4.06. The Morgan fingerprint density at radius 3 is 2.81 bits per heavy atom. The van der Waals surface area contributed by atoms with E-state index in [2.05, 4.69) is 33.2 Å². The fourth-order valence-corrected chi connectivity index (χ4v) is 5.20. The summed E-state index contributed by atoms with van der Waals surface area (Å²) in [5, 5.41) is 4.25. The molecule has 136 valence electrons. The van der Waals surface area contributed by atoms with Gasteiger partial charge in [0.05, 0.1) is 6.04 Å². The Labute approximate surface area is 160 Å². The summed E-state index contributed by atoms with van der Waals surface area (Å²) in [5.41, 5.74) is 3.41. The third-order valence-electron chi connectivity index (χ3n) is 5.23. The van der Waals surface area contributed by atoms with E-state index in [1.807, 2.05) is 12.1 Å². The fraction of sp³-hybridized carbons (Fsp3) is 0.250. The Hall–Kier alpha value is -2.51. The molecule has 0 N–H and O–H groups in total. The highest BCUT2D eigenvalue weighted by Gasteiger charge is 2.43. The number of rotatable bonds is 3. The van der Waals surface area contributed by atoms with E-state index in [1.165, 1.54) is 46.0 Å². The number of carbonyl (C=O) groups excluding carboxylic acids is 1. The zero-order chi connectivity index (χ0) is 18.4. The molecule has 7 heteroatoms. The number of nitrogens with zero attached hydrogens (tertiary/aromatic N) is 4. The van der Waals surface area contributed by atoms with Gasteiger partial charge in [0, 0.05) is 13.1 Å². The Bertz CT molecular complexity index is 1020. The third-order valence-corrected chi connectivity index (χ3v) is 6.43. The summed E-state index contributed by atoms with van der Waals surface area (Å²) >= 11 is 1.41. The zero-order valence-electron chi connectivity index (χ0n) is 14.5. The molecule has 0 bridgehead atoms. The summed E-state index contributed by atoms with van der Waals surface area (Å²) in [4.78, 5) is 19.4. The highest BCUT2D eigenvalue weighted by Crippen LogP contribution is 2.42. The molecule has 2 aliphatic rings. The van der Waals surface area contributed by atoms with Crippen molar-refractivity contribution < 1.29 is 9.18 Å². The third kappa shape index (κ3) is 2.87. The number of benzene rings is 2. The first-order valence-corrected chi connectivity index (χ1v) is 9.76. The number of fused-ring (bicyclic) bond motifs is 2. The van der Waals surface area contributed by atoms with E-state index < -0.39 is 5.25 Å². The van der Waals surface area contributed by atoms with Gasteiger partial charge in [0.2, 0.25) is 0 Å². The molecule has 0 amide bonds. The topological polar surface area (TPSA) is 51.0 Å². The van der Waals surface area contributed by atoms with Crippen LogP contribution in [-0.4, -0.2) is 37.4 Å². The highest BCUT2D eigenvalue weighted by atomic mass is 32.2. The molecular formula is C20H17FN4OS. The summed E-state index contributed by atoms with van der Waals surface area (Å²) < 4.78 is 15.3. The average Bonchev–Trinajstić information content (AvgIpc) is 3.26. The van der Waals surface area contributed by atoms with Crippen molar-refractivity contribution in [2.24, 2.45) is 0 Å². The second-order valence-corrected chi connectivity index (χ2v) is 7.93. The summed E-state index contributed by atoms with van der Waals surface area (Å²) in [6.45, 7) is 1.55. The van der Waals surface area contributed by atoms with E-state index in [-0.39, 0.29) is 17.8 Å². The van der Waals surface area contributed by atoms with Crippen molar-refractivity contribution in [2.45, 2.75) is 29.4 Å². The van der Waals surface area contributed by atoms with Crippen LogP contribution in [0.2, 0.25) is 0 Å². The van der Waals surface area contributed by atoms with Crippen molar-refractivity contribution in [1.82, 2.24) is 19.7 Å². The van der Waals surface area contributed by atoms with Crippen LogP contribution < -0.4 is 0 Å². The van der Waals surface area contributed by atoms with Crippen molar-refractivity contribution in [3.63, 3.8) is 0 Å². The van der Waals surface area contributed by atoms with Crippen LogP contribution in [0.5, 0.6) is 0 Å². The van der Waals surface area contributed by atoms with Crippen LogP contribution in [0.1, 0.15) is 27.5 Å². The summed E-state index contributed by atoms with van der Waals surface area (Å²) in [7, 11) is 0. The van der Waals surface area contributed by atoms with Crippen LogP contribution in [0.15, 0.2) is 60.0 Å². The molecule has 0 fully saturated rings. The molecular weight excluding hydrogens is 363 g/mol. The van der Waals surface area contributed by atoms with Gasteiger partial charge in [0.15, 0.2) is 5.16 Å². The van der Waals surface area contributed by atoms with E-state index in [0.717, 1.165) is 25.1 Å². The first kappa shape index (κ1) is 16.6.